The molecule has 0 fully saturated rings. The minimum atomic E-state index is 0.0726. The predicted octanol–water partition coefficient (Wildman–Crippen LogP) is 3.94. The summed E-state index contributed by atoms with van der Waals surface area (Å²) >= 11 is 5.90. The van der Waals surface area contributed by atoms with Crippen LogP contribution in [-0.4, -0.2) is 21.5 Å². The zero-order valence-electron chi connectivity index (χ0n) is 12.4. The molecule has 0 amide bonds. The van der Waals surface area contributed by atoms with E-state index in [4.69, 9.17) is 16.0 Å². The summed E-state index contributed by atoms with van der Waals surface area (Å²) in [4.78, 5) is 15.0. The summed E-state index contributed by atoms with van der Waals surface area (Å²) in [5.74, 6) is 0.854. The highest BCUT2D eigenvalue weighted by Crippen LogP contribution is 2.24. The van der Waals surface area contributed by atoms with E-state index in [0.29, 0.717) is 23.4 Å². The van der Waals surface area contributed by atoms with Gasteiger partial charge in [-0.2, -0.15) is 0 Å². The van der Waals surface area contributed by atoms with Gasteiger partial charge in [0, 0.05) is 11.5 Å². The molecular weight excluding hydrogens is 314 g/mol. The van der Waals surface area contributed by atoms with Gasteiger partial charge in [0.2, 0.25) is 5.89 Å². The molecule has 6 heteroatoms. The predicted molar refractivity (Wildman–Crippen MR) is 86.5 cm³/mol. The minimum Gasteiger partial charge on any atom is -0.419 e. The average molecular weight is 328 g/mol. The molecule has 2 heterocycles. The highest BCUT2D eigenvalue weighted by molar-refractivity contribution is 6.29. The van der Waals surface area contributed by atoms with Crippen LogP contribution in [0.5, 0.6) is 0 Å². The first-order valence-corrected chi connectivity index (χ1v) is 7.54. The van der Waals surface area contributed by atoms with Gasteiger partial charge in [-0.1, -0.05) is 48.9 Å². The molecule has 116 valence electrons. The highest BCUT2D eigenvalue weighted by atomic mass is 35.5. The van der Waals surface area contributed by atoms with E-state index in [1.54, 1.807) is 6.07 Å². The van der Waals surface area contributed by atoms with E-state index in [-0.39, 0.29) is 17.0 Å². The second-order valence-corrected chi connectivity index (χ2v) is 5.65. The van der Waals surface area contributed by atoms with E-state index < -0.39 is 0 Å². The summed E-state index contributed by atoms with van der Waals surface area (Å²) in [5, 5.41) is 8.31. The molecule has 1 aromatic carbocycles. The minimum absolute atomic E-state index is 0.0726. The summed E-state index contributed by atoms with van der Waals surface area (Å²) in [7, 11) is 0. The molecule has 0 saturated carbocycles. The molecule has 1 unspecified atom stereocenters. The van der Waals surface area contributed by atoms with Gasteiger partial charge >= 0.3 is 0 Å². The van der Waals surface area contributed by atoms with Crippen molar-refractivity contribution in [1.82, 2.24) is 15.2 Å². The van der Waals surface area contributed by atoms with Crippen molar-refractivity contribution in [1.29, 1.82) is 0 Å². The molecule has 0 radical (unpaired) electrons. The van der Waals surface area contributed by atoms with Gasteiger partial charge in [-0.3, -0.25) is 4.79 Å². The summed E-state index contributed by atoms with van der Waals surface area (Å²) in [5.41, 5.74) is 2.01. The Morgan fingerprint density at radius 2 is 2.00 bits per heavy atom. The summed E-state index contributed by atoms with van der Waals surface area (Å²) in [6.45, 7) is 2.02. The Hall–Kier alpha value is -2.53. The van der Waals surface area contributed by atoms with Crippen LogP contribution in [0.15, 0.2) is 46.9 Å². The van der Waals surface area contributed by atoms with Crippen molar-refractivity contribution in [3.05, 3.63) is 64.6 Å². The van der Waals surface area contributed by atoms with Crippen molar-refractivity contribution < 1.29 is 9.21 Å². The van der Waals surface area contributed by atoms with E-state index in [1.165, 1.54) is 11.6 Å². The van der Waals surface area contributed by atoms with Crippen molar-refractivity contribution in [2.45, 2.75) is 19.3 Å². The number of hydrogen-bond acceptors (Lipinski definition) is 5. The average Bonchev–Trinajstić information content (AvgIpc) is 3.05. The number of aldehydes is 1. The molecule has 5 nitrogen and oxygen atoms in total. The van der Waals surface area contributed by atoms with E-state index >= 15 is 0 Å². The number of rotatable bonds is 5. The van der Waals surface area contributed by atoms with Crippen LogP contribution in [0.3, 0.4) is 0 Å². The molecule has 0 bridgehead atoms. The molecule has 0 aliphatic rings. The van der Waals surface area contributed by atoms with Crippen molar-refractivity contribution in [3.63, 3.8) is 0 Å². The number of benzene rings is 1. The number of pyridine rings is 1. The first kappa shape index (κ1) is 15.4. The molecule has 1 atom stereocenters. The quantitative estimate of drug-likeness (QED) is 0.524. The van der Waals surface area contributed by atoms with E-state index in [9.17, 15) is 4.79 Å². The van der Waals surface area contributed by atoms with E-state index in [0.717, 1.165) is 6.42 Å². The highest BCUT2D eigenvalue weighted by Gasteiger charge is 2.17. The van der Waals surface area contributed by atoms with Crippen molar-refractivity contribution in [2.24, 2.45) is 0 Å². The molecule has 23 heavy (non-hydrogen) atoms. The van der Waals surface area contributed by atoms with Gasteiger partial charge in [0.1, 0.15) is 17.1 Å². The smallest absolute Gasteiger partial charge is 0.266 e. The van der Waals surface area contributed by atoms with Gasteiger partial charge in [-0.05, 0) is 24.1 Å². The third-order valence-electron chi connectivity index (χ3n) is 3.42. The lowest BCUT2D eigenvalue weighted by molar-refractivity contribution is 0.112. The van der Waals surface area contributed by atoms with Gasteiger partial charge in [0.15, 0.2) is 0 Å². The maximum Gasteiger partial charge on any atom is 0.266 e. The Labute approximate surface area is 138 Å². The number of hydrogen-bond donors (Lipinski definition) is 0. The fraction of sp³-hybridized carbons (Fsp3) is 0.176. The molecule has 0 saturated heterocycles. The van der Waals surface area contributed by atoms with E-state index in [2.05, 4.69) is 27.3 Å². The van der Waals surface area contributed by atoms with E-state index in [1.807, 2.05) is 25.1 Å². The summed E-state index contributed by atoms with van der Waals surface area (Å²) < 4.78 is 5.70. The molecule has 0 aliphatic heterocycles. The van der Waals surface area contributed by atoms with Crippen molar-refractivity contribution in [3.8, 4) is 11.6 Å². The number of nitrogens with zero attached hydrogens (tertiary/aromatic N) is 3. The lowest BCUT2D eigenvalue weighted by Crippen LogP contribution is -1.98. The van der Waals surface area contributed by atoms with Gasteiger partial charge in [0.05, 0.1) is 0 Å². The number of carbonyl (C=O) groups excluding carboxylic acids is 1. The van der Waals surface area contributed by atoms with Crippen LogP contribution in [0.4, 0.5) is 0 Å². The fourth-order valence-corrected chi connectivity index (χ4v) is 2.50. The zero-order chi connectivity index (χ0) is 16.2. The Bertz CT molecular complexity index is 818. The maximum atomic E-state index is 10.9. The van der Waals surface area contributed by atoms with Gasteiger partial charge in [0.25, 0.3) is 5.89 Å². The molecule has 0 spiro atoms. The number of aromatic nitrogens is 3. The van der Waals surface area contributed by atoms with Gasteiger partial charge < -0.3 is 4.42 Å². The fourth-order valence-electron chi connectivity index (χ4n) is 2.29. The topological polar surface area (TPSA) is 68.9 Å². The second-order valence-electron chi connectivity index (χ2n) is 5.26. The van der Waals surface area contributed by atoms with Crippen LogP contribution in [0.2, 0.25) is 5.15 Å². The summed E-state index contributed by atoms with van der Waals surface area (Å²) in [6.07, 6.45) is 1.50. The Morgan fingerprint density at radius 3 is 2.74 bits per heavy atom. The normalized spacial score (nSPS) is 12.1. The monoisotopic (exact) mass is 327 g/mol. The first-order valence-electron chi connectivity index (χ1n) is 7.16. The van der Waals surface area contributed by atoms with Gasteiger partial charge in [-0.15, -0.1) is 10.2 Å². The molecule has 3 rings (SSSR count). The summed E-state index contributed by atoms with van der Waals surface area (Å²) in [6, 6.07) is 13.1. The van der Waals surface area contributed by atoms with Crippen LogP contribution >= 0.6 is 11.6 Å². The Kier molecular flexibility index (Phi) is 4.48. The maximum absolute atomic E-state index is 10.9. The van der Waals surface area contributed by atoms with Gasteiger partial charge in [-0.25, -0.2) is 4.98 Å². The third kappa shape index (κ3) is 3.63. The SMILES string of the molecule is CC(Cc1ccccc1)c1nnc(-c2cc(C=O)cc(Cl)n2)o1. The van der Waals surface area contributed by atoms with Crippen LogP contribution in [0, 0.1) is 0 Å². The van der Waals surface area contributed by atoms with Crippen LogP contribution < -0.4 is 0 Å². The Morgan fingerprint density at radius 1 is 1.22 bits per heavy atom. The lowest BCUT2D eigenvalue weighted by Gasteiger charge is -2.06. The lowest BCUT2D eigenvalue weighted by atomic mass is 10.0. The number of carbonyl (C=O) groups is 1. The molecular formula is C17H14ClN3O2. The molecule has 0 N–H and O–H groups in total. The van der Waals surface area contributed by atoms with Crippen LogP contribution in [-0.2, 0) is 6.42 Å². The molecule has 0 aliphatic carbocycles. The number of halogens is 1. The zero-order valence-corrected chi connectivity index (χ0v) is 13.2. The Balaban J connectivity index is 1.83. The van der Waals surface area contributed by atoms with Crippen molar-refractivity contribution in [2.75, 3.05) is 0 Å². The first-order chi connectivity index (χ1) is 11.2. The third-order valence-corrected chi connectivity index (χ3v) is 3.61. The second kappa shape index (κ2) is 6.71. The largest absolute Gasteiger partial charge is 0.419 e. The van der Waals surface area contributed by atoms with Crippen molar-refractivity contribution >= 4 is 17.9 Å². The van der Waals surface area contributed by atoms with Crippen LogP contribution in [0.1, 0.15) is 34.7 Å². The molecule has 2 aromatic heterocycles. The van der Waals surface area contributed by atoms with Crippen LogP contribution in [0.25, 0.3) is 11.6 Å². The standard InChI is InChI=1S/C17H14ClN3O2/c1-11(7-12-5-3-2-4-6-12)16-20-21-17(23-16)14-8-13(10-22)9-15(18)19-14/h2-6,8-11H,7H2,1H3. The molecule has 3 aromatic rings.